The topological polar surface area (TPSA) is 34.1 Å². The van der Waals surface area contributed by atoms with E-state index >= 15 is 0 Å². The van der Waals surface area contributed by atoms with E-state index in [1.807, 2.05) is 0 Å². The summed E-state index contributed by atoms with van der Waals surface area (Å²) in [6.45, 7) is 0. The quantitative estimate of drug-likeness (QED) is 0.739. The molecular weight excluding hydrogens is 224 g/mol. The Morgan fingerprint density at radius 1 is 1.31 bits per heavy atom. The molecule has 0 N–H and O–H groups in total. The van der Waals surface area contributed by atoms with Crippen molar-refractivity contribution in [1.29, 1.82) is 0 Å². The molecule has 16 heavy (non-hydrogen) atoms. The van der Waals surface area contributed by atoms with Crippen LogP contribution in [0.3, 0.4) is 0 Å². The molecule has 0 saturated heterocycles. The lowest BCUT2D eigenvalue weighted by atomic mass is 9.83. The molecule has 84 valence electrons. The van der Waals surface area contributed by atoms with Crippen molar-refractivity contribution in [2.24, 2.45) is 5.92 Å². The molecular formula is C13H13ClO2. The predicted octanol–water partition coefficient (Wildman–Crippen LogP) is 3.28. The summed E-state index contributed by atoms with van der Waals surface area (Å²) in [5.74, 6) is 0.0384. The Balaban J connectivity index is 2.19. The molecule has 0 heterocycles. The Bertz CT molecular complexity index is 426. The third kappa shape index (κ3) is 2.33. The van der Waals surface area contributed by atoms with Gasteiger partial charge in [0.2, 0.25) is 0 Å². The van der Waals surface area contributed by atoms with Crippen LogP contribution in [0.25, 0.3) is 0 Å². The molecule has 1 aliphatic rings. The molecule has 0 aliphatic heterocycles. The summed E-state index contributed by atoms with van der Waals surface area (Å²) < 4.78 is 0. The number of ketones is 2. The lowest BCUT2D eigenvalue weighted by Gasteiger charge is -2.19. The van der Waals surface area contributed by atoms with Crippen LogP contribution in [0.5, 0.6) is 0 Å². The molecule has 0 radical (unpaired) electrons. The number of hydrogen-bond donors (Lipinski definition) is 0. The van der Waals surface area contributed by atoms with Crippen LogP contribution in [0.4, 0.5) is 0 Å². The summed E-state index contributed by atoms with van der Waals surface area (Å²) >= 11 is 5.97. The van der Waals surface area contributed by atoms with E-state index in [4.69, 9.17) is 11.6 Å². The van der Waals surface area contributed by atoms with E-state index in [1.54, 1.807) is 24.3 Å². The molecule has 1 saturated carbocycles. The fourth-order valence-electron chi connectivity index (χ4n) is 2.13. The summed E-state index contributed by atoms with van der Waals surface area (Å²) in [5, 5.41) is 0.477. The second-order valence-corrected chi connectivity index (χ2v) is 4.58. The average Bonchev–Trinajstić information content (AvgIpc) is 2.29. The van der Waals surface area contributed by atoms with E-state index in [1.165, 1.54) is 0 Å². The summed E-state index contributed by atoms with van der Waals surface area (Å²) in [7, 11) is 0. The lowest BCUT2D eigenvalue weighted by Crippen LogP contribution is -2.23. The number of carbonyl (C=O) groups excluding carboxylic acids is 2. The second kappa shape index (κ2) is 4.79. The molecule has 2 nitrogen and oxygen atoms in total. The third-order valence-corrected chi connectivity index (χ3v) is 3.32. The summed E-state index contributed by atoms with van der Waals surface area (Å²) in [6.07, 6.45) is 2.62. The molecule has 1 aromatic carbocycles. The number of halogens is 1. The number of carbonyl (C=O) groups is 2. The van der Waals surface area contributed by atoms with Crippen molar-refractivity contribution in [3.63, 3.8) is 0 Å². The van der Waals surface area contributed by atoms with Crippen LogP contribution < -0.4 is 0 Å². The molecule has 3 heteroatoms. The smallest absolute Gasteiger partial charge is 0.167 e. The molecule has 1 aliphatic carbocycles. The molecule has 2 rings (SSSR count). The van der Waals surface area contributed by atoms with Crippen LogP contribution in [0, 0.1) is 5.92 Å². The molecule has 1 atom stereocenters. The highest BCUT2D eigenvalue weighted by molar-refractivity contribution is 6.34. The number of Topliss-reactive ketones (excluding diaryl/α,β-unsaturated/α-hetero) is 2. The molecule has 0 bridgehead atoms. The van der Waals surface area contributed by atoms with E-state index in [2.05, 4.69) is 0 Å². The summed E-state index contributed by atoms with van der Waals surface area (Å²) in [5.41, 5.74) is 0.545. The predicted molar refractivity (Wildman–Crippen MR) is 62.7 cm³/mol. The Morgan fingerprint density at radius 2 is 2.06 bits per heavy atom. The van der Waals surface area contributed by atoms with Gasteiger partial charge >= 0.3 is 0 Å². The van der Waals surface area contributed by atoms with Gasteiger partial charge in [0.1, 0.15) is 5.78 Å². The largest absolute Gasteiger partial charge is 0.300 e. The van der Waals surface area contributed by atoms with Crippen LogP contribution in [0.2, 0.25) is 5.02 Å². The van der Waals surface area contributed by atoms with Crippen molar-refractivity contribution in [2.45, 2.75) is 25.7 Å². The SMILES string of the molecule is O=C1CCCC(C(=O)c2ccccc2Cl)C1. The van der Waals surface area contributed by atoms with Crippen molar-refractivity contribution in [2.75, 3.05) is 0 Å². The van der Waals surface area contributed by atoms with Gasteiger partial charge in [-0.05, 0) is 25.0 Å². The van der Waals surface area contributed by atoms with Gasteiger partial charge in [0.05, 0.1) is 5.02 Å². The first kappa shape index (κ1) is 11.3. The minimum absolute atomic E-state index is 0.0126. The minimum Gasteiger partial charge on any atom is -0.300 e. The maximum atomic E-state index is 12.1. The average molecular weight is 237 g/mol. The molecule has 1 unspecified atom stereocenters. The van der Waals surface area contributed by atoms with Crippen molar-refractivity contribution in [3.8, 4) is 0 Å². The molecule has 1 aromatic rings. The van der Waals surface area contributed by atoms with Gasteiger partial charge in [-0.2, -0.15) is 0 Å². The Kier molecular flexibility index (Phi) is 3.39. The van der Waals surface area contributed by atoms with Gasteiger partial charge < -0.3 is 0 Å². The Labute approximate surface area is 99.6 Å². The van der Waals surface area contributed by atoms with E-state index in [0.717, 1.165) is 12.8 Å². The summed E-state index contributed by atoms with van der Waals surface area (Å²) in [4.78, 5) is 23.4. The van der Waals surface area contributed by atoms with E-state index in [0.29, 0.717) is 23.4 Å². The van der Waals surface area contributed by atoms with Gasteiger partial charge in [-0.15, -0.1) is 0 Å². The maximum Gasteiger partial charge on any atom is 0.167 e. The highest BCUT2D eigenvalue weighted by Crippen LogP contribution is 2.27. The van der Waals surface area contributed by atoms with Crippen LogP contribution in [-0.2, 0) is 4.79 Å². The van der Waals surface area contributed by atoms with Crippen molar-refractivity contribution in [3.05, 3.63) is 34.9 Å². The van der Waals surface area contributed by atoms with Crippen molar-refractivity contribution < 1.29 is 9.59 Å². The number of rotatable bonds is 2. The first-order valence-electron chi connectivity index (χ1n) is 5.49. The van der Waals surface area contributed by atoms with Crippen molar-refractivity contribution >= 4 is 23.2 Å². The van der Waals surface area contributed by atoms with Gasteiger partial charge in [0.15, 0.2) is 5.78 Å². The fourth-order valence-corrected chi connectivity index (χ4v) is 2.36. The number of benzene rings is 1. The monoisotopic (exact) mass is 236 g/mol. The van der Waals surface area contributed by atoms with E-state index in [9.17, 15) is 9.59 Å². The van der Waals surface area contributed by atoms with Crippen LogP contribution in [0.1, 0.15) is 36.0 Å². The summed E-state index contributed by atoms with van der Waals surface area (Å²) in [6, 6.07) is 7.03. The molecule has 0 aromatic heterocycles. The Hall–Kier alpha value is -1.15. The first-order valence-corrected chi connectivity index (χ1v) is 5.86. The Morgan fingerprint density at radius 3 is 2.75 bits per heavy atom. The van der Waals surface area contributed by atoms with Gasteiger partial charge in [-0.25, -0.2) is 0 Å². The minimum atomic E-state index is -0.166. The standard InChI is InChI=1S/C13H13ClO2/c14-12-7-2-1-6-11(12)13(16)9-4-3-5-10(15)8-9/h1-2,6-7,9H,3-5,8H2. The van der Waals surface area contributed by atoms with Crippen LogP contribution >= 0.6 is 11.6 Å². The first-order chi connectivity index (χ1) is 7.68. The zero-order valence-corrected chi connectivity index (χ0v) is 9.67. The highest BCUT2D eigenvalue weighted by atomic mass is 35.5. The van der Waals surface area contributed by atoms with Crippen LogP contribution in [-0.4, -0.2) is 11.6 Å². The third-order valence-electron chi connectivity index (χ3n) is 2.99. The van der Waals surface area contributed by atoms with Gasteiger partial charge in [0.25, 0.3) is 0 Å². The number of hydrogen-bond acceptors (Lipinski definition) is 2. The lowest BCUT2D eigenvalue weighted by molar-refractivity contribution is -0.121. The maximum absolute atomic E-state index is 12.1. The second-order valence-electron chi connectivity index (χ2n) is 4.18. The van der Waals surface area contributed by atoms with Crippen LogP contribution in [0.15, 0.2) is 24.3 Å². The zero-order chi connectivity index (χ0) is 11.5. The van der Waals surface area contributed by atoms with Gasteiger partial charge in [0, 0.05) is 24.3 Å². The normalized spacial score (nSPS) is 20.8. The van der Waals surface area contributed by atoms with Crippen molar-refractivity contribution in [1.82, 2.24) is 0 Å². The fraction of sp³-hybridized carbons (Fsp3) is 0.385. The molecule has 0 spiro atoms. The molecule has 1 fully saturated rings. The highest BCUT2D eigenvalue weighted by Gasteiger charge is 2.27. The zero-order valence-electron chi connectivity index (χ0n) is 8.91. The molecule has 0 amide bonds. The van der Waals surface area contributed by atoms with E-state index < -0.39 is 0 Å². The van der Waals surface area contributed by atoms with E-state index in [-0.39, 0.29) is 17.5 Å². The van der Waals surface area contributed by atoms with Gasteiger partial charge in [-0.3, -0.25) is 9.59 Å². The van der Waals surface area contributed by atoms with Gasteiger partial charge in [-0.1, -0.05) is 23.7 Å².